The highest BCUT2D eigenvalue weighted by Gasteiger charge is 2.16. The maximum Gasteiger partial charge on any atom is 0.242 e. The van der Waals surface area contributed by atoms with Crippen LogP contribution in [0.5, 0.6) is 0 Å². The van der Waals surface area contributed by atoms with Crippen LogP contribution >= 0.6 is 0 Å². The quantitative estimate of drug-likeness (QED) is 0.731. The smallest absolute Gasteiger partial charge is 0.242 e. The molecular formula is C18H19N3O3S. The summed E-state index contributed by atoms with van der Waals surface area (Å²) >= 11 is 0. The van der Waals surface area contributed by atoms with Crippen molar-refractivity contribution in [3.8, 4) is 11.4 Å². The maximum atomic E-state index is 12.2. The molecule has 0 amide bonds. The molecule has 1 heterocycles. The van der Waals surface area contributed by atoms with E-state index in [1.807, 2.05) is 24.3 Å². The largest absolute Gasteiger partial charge is 0.338 e. The van der Waals surface area contributed by atoms with Crippen LogP contribution in [0.2, 0.25) is 0 Å². The van der Waals surface area contributed by atoms with Gasteiger partial charge < -0.3 is 4.52 Å². The lowest BCUT2D eigenvalue weighted by Gasteiger charge is -2.04. The molecular weight excluding hydrogens is 338 g/mol. The predicted octanol–water partition coefficient (Wildman–Crippen LogP) is 3.34. The molecule has 0 aliphatic heterocycles. The number of nitrogens with zero attached hydrogens (tertiary/aromatic N) is 2. The Hall–Kier alpha value is -2.51. The second-order valence-corrected chi connectivity index (χ2v) is 7.69. The van der Waals surface area contributed by atoms with E-state index in [-0.39, 0.29) is 17.3 Å². The Bertz CT molecular complexity index is 933. The van der Waals surface area contributed by atoms with Crippen molar-refractivity contribution in [2.24, 2.45) is 0 Å². The molecule has 0 saturated carbocycles. The van der Waals surface area contributed by atoms with Gasteiger partial charge in [-0.05, 0) is 23.6 Å². The molecule has 0 fully saturated rings. The van der Waals surface area contributed by atoms with Crippen LogP contribution in [-0.2, 0) is 16.6 Å². The van der Waals surface area contributed by atoms with Crippen LogP contribution in [0.25, 0.3) is 11.4 Å². The van der Waals surface area contributed by atoms with Gasteiger partial charge in [-0.1, -0.05) is 61.5 Å². The van der Waals surface area contributed by atoms with Crippen molar-refractivity contribution in [3.05, 3.63) is 66.1 Å². The van der Waals surface area contributed by atoms with E-state index in [9.17, 15) is 8.42 Å². The highest BCUT2D eigenvalue weighted by molar-refractivity contribution is 7.89. The third kappa shape index (κ3) is 4.12. The molecule has 1 N–H and O–H groups in total. The van der Waals surface area contributed by atoms with E-state index in [1.165, 1.54) is 17.7 Å². The summed E-state index contributed by atoms with van der Waals surface area (Å²) in [6, 6.07) is 16.0. The van der Waals surface area contributed by atoms with Crippen LogP contribution in [0.1, 0.15) is 31.2 Å². The van der Waals surface area contributed by atoms with Crippen molar-refractivity contribution in [3.63, 3.8) is 0 Å². The Morgan fingerprint density at radius 1 is 1.04 bits per heavy atom. The minimum absolute atomic E-state index is 0.0612. The molecule has 2 aromatic carbocycles. The van der Waals surface area contributed by atoms with E-state index in [0.29, 0.717) is 11.7 Å². The molecule has 0 unspecified atom stereocenters. The predicted molar refractivity (Wildman–Crippen MR) is 94.3 cm³/mol. The molecule has 0 radical (unpaired) electrons. The second kappa shape index (κ2) is 7.16. The van der Waals surface area contributed by atoms with Gasteiger partial charge in [0.1, 0.15) is 0 Å². The normalized spacial score (nSPS) is 11.8. The highest BCUT2D eigenvalue weighted by atomic mass is 32.2. The van der Waals surface area contributed by atoms with Crippen molar-refractivity contribution < 1.29 is 12.9 Å². The Morgan fingerprint density at radius 3 is 2.36 bits per heavy atom. The van der Waals surface area contributed by atoms with Gasteiger partial charge in [0.15, 0.2) is 0 Å². The first kappa shape index (κ1) is 17.3. The Kier molecular flexibility index (Phi) is 4.96. The lowest BCUT2D eigenvalue weighted by Crippen LogP contribution is -2.23. The molecule has 3 aromatic rings. The molecule has 0 bridgehead atoms. The number of nitrogens with one attached hydrogen (secondary N) is 1. The van der Waals surface area contributed by atoms with Crippen LogP contribution in [0.15, 0.2) is 64.0 Å². The monoisotopic (exact) mass is 357 g/mol. The van der Waals surface area contributed by atoms with E-state index in [4.69, 9.17) is 4.52 Å². The summed E-state index contributed by atoms with van der Waals surface area (Å²) in [5.41, 5.74) is 2.05. The topological polar surface area (TPSA) is 85.1 Å². The number of hydrogen-bond donors (Lipinski definition) is 1. The Labute approximate surface area is 147 Å². The molecule has 0 aliphatic carbocycles. The molecule has 0 spiro atoms. The fourth-order valence-corrected chi connectivity index (χ4v) is 3.30. The summed E-state index contributed by atoms with van der Waals surface area (Å²) in [6.45, 7) is 4.19. The molecule has 3 rings (SSSR count). The minimum atomic E-state index is -3.61. The Morgan fingerprint density at radius 2 is 1.72 bits per heavy atom. The third-order valence-electron chi connectivity index (χ3n) is 3.77. The van der Waals surface area contributed by atoms with Gasteiger partial charge in [-0.15, -0.1) is 0 Å². The molecule has 0 atom stereocenters. The van der Waals surface area contributed by atoms with Crippen LogP contribution in [0, 0.1) is 0 Å². The number of benzene rings is 2. The molecule has 25 heavy (non-hydrogen) atoms. The first-order chi connectivity index (χ1) is 12.0. The zero-order valence-electron chi connectivity index (χ0n) is 14.0. The lowest BCUT2D eigenvalue weighted by atomic mass is 10.0. The van der Waals surface area contributed by atoms with Crippen LogP contribution in [0.3, 0.4) is 0 Å². The van der Waals surface area contributed by atoms with Crippen molar-refractivity contribution in [1.82, 2.24) is 14.9 Å². The molecule has 130 valence electrons. The fourth-order valence-electron chi connectivity index (χ4n) is 2.30. The zero-order chi connectivity index (χ0) is 17.9. The number of aromatic nitrogens is 2. The summed E-state index contributed by atoms with van der Waals surface area (Å²) in [4.78, 5) is 4.44. The minimum Gasteiger partial charge on any atom is -0.338 e. The average Bonchev–Trinajstić information content (AvgIpc) is 3.10. The summed E-state index contributed by atoms with van der Waals surface area (Å²) in [5, 5.41) is 3.91. The molecule has 6 nitrogen and oxygen atoms in total. The van der Waals surface area contributed by atoms with Gasteiger partial charge in [0.25, 0.3) is 0 Å². The highest BCUT2D eigenvalue weighted by Crippen LogP contribution is 2.20. The van der Waals surface area contributed by atoms with E-state index in [2.05, 4.69) is 28.7 Å². The summed E-state index contributed by atoms with van der Waals surface area (Å²) in [7, 11) is -3.61. The van der Waals surface area contributed by atoms with E-state index in [1.54, 1.807) is 18.2 Å². The second-order valence-electron chi connectivity index (χ2n) is 5.93. The van der Waals surface area contributed by atoms with Crippen molar-refractivity contribution in [2.45, 2.75) is 31.2 Å². The molecule has 0 saturated heterocycles. The first-order valence-electron chi connectivity index (χ1n) is 7.93. The zero-order valence-corrected chi connectivity index (χ0v) is 14.8. The van der Waals surface area contributed by atoms with Gasteiger partial charge in [0, 0.05) is 5.56 Å². The first-order valence-corrected chi connectivity index (χ1v) is 9.41. The van der Waals surface area contributed by atoms with Gasteiger partial charge in [-0.3, -0.25) is 0 Å². The summed E-state index contributed by atoms with van der Waals surface area (Å²) in [6.07, 6.45) is 0. The van der Waals surface area contributed by atoms with Crippen molar-refractivity contribution in [1.29, 1.82) is 0 Å². The van der Waals surface area contributed by atoms with E-state index in [0.717, 1.165) is 5.56 Å². The van der Waals surface area contributed by atoms with E-state index >= 15 is 0 Å². The SMILES string of the molecule is CC(C)c1ccc(-c2noc(CNS(=O)(=O)c3ccccc3)n2)cc1. The number of sulfonamides is 1. The number of rotatable bonds is 6. The maximum absolute atomic E-state index is 12.2. The van der Waals surface area contributed by atoms with Crippen LogP contribution in [-0.4, -0.2) is 18.6 Å². The summed E-state index contributed by atoms with van der Waals surface area (Å²) in [5.74, 6) is 1.09. The van der Waals surface area contributed by atoms with Gasteiger partial charge in [-0.2, -0.15) is 4.98 Å². The lowest BCUT2D eigenvalue weighted by molar-refractivity contribution is 0.376. The van der Waals surface area contributed by atoms with Crippen molar-refractivity contribution >= 4 is 10.0 Å². The van der Waals surface area contributed by atoms with E-state index < -0.39 is 10.0 Å². The van der Waals surface area contributed by atoms with Gasteiger partial charge in [-0.25, -0.2) is 13.1 Å². The molecule has 1 aromatic heterocycles. The van der Waals surface area contributed by atoms with Gasteiger partial charge in [0.05, 0.1) is 11.4 Å². The standard InChI is InChI=1S/C18H19N3O3S/c1-13(2)14-8-10-15(11-9-14)18-20-17(24-21-18)12-19-25(22,23)16-6-4-3-5-7-16/h3-11,13,19H,12H2,1-2H3. The van der Waals surface area contributed by atoms with Gasteiger partial charge >= 0.3 is 0 Å². The van der Waals surface area contributed by atoms with Crippen LogP contribution in [0.4, 0.5) is 0 Å². The van der Waals surface area contributed by atoms with Crippen molar-refractivity contribution in [2.75, 3.05) is 0 Å². The fraction of sp³-hybridized carbons (Fsp3) is 0.222. The third-order valence-corrected chi connectivity index (χ3v) is 5.19. The molecule has 7 heteroatoms. The average molecular weight is 357 g/mol. The van der Waals surface area contributed by atoms with Gasteiger partial charge in [0.2, 0.25) is 21.7 Å². The Balaban J connectivity index is 1.70. The summed E-state index contributed by atoms with van der Waals surface area (Å²) < 4.78 is 32.0. The molecule has 0 aliphatic rings. The number of hydrogen-bond acceptors (Lipinski definition) is 5. The van der Waals surface area contributed by atoms with Crippen LogP contribution < -0.4 is 4.72 Å².